The van der Waals surface area contributed by atoms with E-state index in [1.54, 1.807) is 11.8 Å². The second kappa shape index (κ2) is 6.20. The van der Waals surface area contributed by atoms with Crippen LogP contribution in [0.1, 0.15) is 28.2 Å². The molecule has 0 aromatic carbocycles. The second-order valence-corrected chi connectivity index (χ2v) is 6.16. The normalized spacial score (nSPS) is 10.8. The van der Waals surface area contributed by atoms with Crippen LogP contribution in [0.2, 0.25) is 0 Å². The summed E-state index contributed by atoms with van der Waals surface area (Å²) in [6.45, 7) is 1.99. The van der Waals surface area contributed by atoms with Crippen molar-refractivity contribution in [3.05, 3.63) is 34.2 Å². The molecule has 2 aromatic heterocycles. The monoisotopic (exact) mass is 280 g/mol. The number of Topliss-reactive ketones (excluding diaryl/α,β-unsaturated/α-hetero) is 1. The van der Waals surface area contributed by atoms with Crippen molar-refractivity contribution >= 4 is 28.9 Å². The number of aryl methyl sites for hydroxylation is 2. The van der Waals surface area contributed by atoms with Crippen molar-refractivity contribution in [1.29, 1.82) is 0 Å². The van der Waals surface area contributed by atoms with Crippen LogP contribution in [0.3, 0.4) is 0 Å². The van der Waals surface area contributed by atoms with E-state index in [1.807, 2.05) is 36.2 Å². The van der Waals surface area contributed by atoms with E-state index < -0.39 is 0 Å². The Balaban J connectivity index is 1.73. The third kappa shape index (κ3) is 3.46. The molecule has 0 aliphatic carbocycles. The van der Waals surface area contributed by atoms with Gasteiger partial charge >= 0.3 is 0 Å². The molecule has 0 amide bonds. The van der Waals surface area contributed by atoms with Crippen molar-refractivity contribution in [2.75, 3.05) is 5.75 Å². The summed E-state index contributed by atoms with van der Waals surface area (Å²) in [5.41, 5.74) is 1.04. The first kappa shape index (κ1) is 13.4. The summed E-state index contributed by atoms with van der Waals surface area (Å²) in [6, 6.07) is 5.89. The molecule has 18 heavy (non-hydrogen) atoms. The van der Waals surface area contributed by atoms with Crippen LogP contribution < -0.4 is 0 Å². The summed E-state index contributed by atoms with van der Waals surface area (Å²) in [4.78, 5) is 12.6. The highest BCUT2D eigenvalue weighted by molar-refractivity contribution is 7.99. The first-order chi connectivity index (χ1) is 8.66. The van der Waals surface area contributed by atoms with E-state index >= 15 is 0 Å². The molecule has 0 aliphatic rings. The van der Waals surface area contributed by atoms with Gasteiger partial charge in [-0.05, 0) is 36.6 Å². The second-order valence-electron chi connectivity index (χ2n) is 4.10. The lowest BCUT2D eigenvalue weighted by molar-refractivity contribution is 0.0986. The summed E-state index contributed by atoms with van der Waals surface area (Å²) in [5, 5.41) is 7.40. The van der Waals surface area contributed by atoms with Gasteiger partial charge in [0.25, 0.3) is 0 Å². The largest absolute Gasteiger partial charge is 0.293 e. The van der Waals surface area contributed by atoms with Crippen molar-refractivity contribution in [3.63, 3.8) is 0 Å². The molecule has 2 rings (SSSR count). The number of carbonyl (C=O) groups excluding carboxylic acids is 1. The highest BCUT2D eigenvalue weighted by Gasteiger charge is 2.07. The summed E-state index contributed by atoms with van der Waals surface area (Å²) < 4.78 is 1.89. The van der Waals surface area contributed by atoms with Gasteiger partial charge in [0, 0.05) is 13.5 Å². The van der Waals surface area contributed by atoms with Gasteiger partial charge in [0.05, 0.1) is 15.6 Å². The summed E-state index contributed by atoms with van der Waals surface area (Å²) in [7, 11) is 1.95. The van der Waals surface area contributed by atoms with Gasteiger partial charge in [-0.1, -0.05) is 6.07 Å². The molecule has 0 fully saturated rings. The minimum Gasteiger partial charge on any atom is -0.293 e. The van der Waals surface area contributed by atoms with Gasteiger partial charge in [-0.15, -0.1) is 23.1 Å². The molecule has 2 aromatic rings. The predicted molar refractivity (Wildman–Crippen MR) is 76.6 cm³/mol. The number of nitrogens with zero attached hydrogens (tertiary/aromatic N) is 2. The fourth-order valence-electron chi connectivity index (χ4n) is 1.69. The maximum Gasteiger partial charge on any atom is 0.172 e. The third-order valence-electron chi connectivity index (χ3n) is 2.55. The van der Waals surface area contributed by atoms with Crippen LogP contribution in [0.5, 0.6) is 0 Å². The molecule has 2 heterocycles. The van der Waals surface area contributed by atoms with Crippen molar-refractivity contribution in [1.82, 2.24) is 9.78 Å². The van der Waals surface area contributed by atoms with Crippen molar-refractivity contribution in [3.8, 4) is 0 Å². The Morgan fingerprint density at radius 3 is 3.00 bits per heavy atom. The summed E-state index contributed by atoms with van der Waals surface area (Å²) in [5.74, 6) is 1.21. The zero-order chi connectivity index (χ0) is 13.0. The van der Waals surface area contributed by atoms with Crippen molar-refractivity contribution < 1.29 is 4.79 Å². The predicted octanol–water partition coefficient (Wildman–Crippen LogP) is 3.55. The van der Waals surface area contributed by atoms with Gasteiger partial charge in [0.2, 0.25) is 0 Å². The van der Waals surface area contributed by atoms with Gasteiger partial charge in [-0.25, -0.2) is 0 Å². The molecular formula is C13H16N2OS2. The quantitative estimate of drug-likeness (QED) is 0.461. The molecule has 0 atom stereocenters. The average molecular weight is 280 g/mol. The first-order valence-corrected chi connectivity index (χ1v) is 7.73. The Morgan fingerprint density at radius 2 is 2.39 bits per heavy atom. The van der Waals surface area contributed by atoms with Gasteiger partial charge < -0.3 is 0 Å². The van der Waals surface area contributed by atoms with E-state index in [4.69, 9.17) is 0 Å². The number of rotatable bonds is 6. The number of hydrogen-bond acceptors (Lipinski definition) is 4. The molecule has 0 spiro atoms. The standard InChI is InChI=1S/C13H16N2OS2/c1-10-9-13(15(2)14-10)18-8-3-5-11(16)12-6-4-7-17-12/h4,6-7,9H,3,5,8H2,1-2H3. The molecular weight excluding hydrogens is 264 g/mol. The van der Waals surface area contributed by atoms with Crippen LogP contribution in [-0.4, -0.2) is 21.3 Å². The number of carbonyl (C=O) groups is 1. The summed E-state index contributed by atoms with van der Waals surface area (Å²) >= 11 is 3.28. The molecule has 0 aliphatic heterocycles. The van der Waals surface area contributed by atoms with Gasteiger partial charge in [0.15, 0.2) is 5.78 Å². The van der Waals surface area contributed by atoms with E-state index in [9.17, 15) is 4.79 Å². The summed E-state index contributed by atoms with van der Waals surface area (Å²) in [6.07, 6.45) is 1.54. The van der Waals surface area contributed by atoms with Crippen LogP contribution >= 0.6 is 23.1 Å². The minimum atomic E-state index is 0.256. The highest BCUT2D eigenvalue weighted by Crippen LogP contribution is 2.20. The topological polar surface area (TPSA) is 34.9 Å². The van der Waals surface area contributed by atoms with Gasteiger partial charge in [-0.3, -0.25) is 9.48 Å². The van der Waals surface area contributed by atoms with Crippen molar-refractivity contribution in [2.45, 2.75) is 24.8 Å². The maximum absolute atomic E-state index is 11.8. The zero-order valence-corrected chi connectivity index (χ0v) is 12.2. The number of aromatic nitrogens is 2. The van der Waals surface area contributed by atoms with Gasteiger partial charge in [0.1, 0.15) is 0 Å². The molecule has 0 bridgehead atoms. The van der Waals surface area contributed by atoms with Crippen LogP contribution in [0.25, 0.3) is 0 Å². The lowest BCUT2D eigenvalue weighted by Gasteiger charge is -2.01. The minimum absolute atomic E-state index is 0.256. The van der Waals surface area contributed by atoms with E-state index in [0.717, 1.165) is 27.8 Å². The van der Waals surface area contributed by atoms with Crippen LogP contribution in [-0.2, 0) is 7.05 Å². The molecule has 5 heteroatoms. The number of hydrogen-bond donors (Lipinski definition) is 0. The number of thioether (sulfide) groups is 1. The van der Waals surface area contributed by atoms with Crippen LogP contribution in [0, 0.1) is 6.92 Å². The number of ketones is 1. The first-order valence-electron chi connectivity index (χ1n) is 5.87. The zero-order valence-electron chi connectivity index (χ0n) is 10.5. The lowest BCUT2D eigenvalue weighted by Crippen LogP contribution is -1.97. The van der Waals surface area contributed by atoms with Crippen LogP contribution in [0.4, 0.5) is 0 Å². The number of thiophene rings is 1. The Bertz CT molecular complexity index is 517. The molecule has 0 saturated carbocycles. The SMILES string of the molecule is Cc1cc(SCCCC(=O)c2cccs2)n(C)n1. The fraction of sp³-hybridized carbons (Fsp3) is 0.385. The Hall–Kier alpha value is -1.07. The Morgan fingerprint density at radius 1 is 1.56 bits per heavy atom. The Labute approximate surface area is 115 Å². The molecule has 96 valence electrons. The smallest absolute Gasteiger partial charge is 0.172 e. The average Bonchev–Trinajstić information content (AvgIpc) is 2.94. The maximum atomic E-state index is 11.8. The van der Waals surface area contributed by atoms with E-state index in [1.165, 1.54) is 11.3 Å². The molecule has 0 saturated heterocycles. The van der Waals surface area contributed by atoms with E-state index in [-0.39, 0.29) is 5.78 Å². The van der Waals surface area contributed by atoms with Gasteiger partial charge in [-0.2, -0.15) is 5.10 Å². The van der Waals surface area contributed by atoms with Crippen LogP contribution in [0.15, 0.2) is 28.6 Å². The molecule has 0 N–H and O–H groups in total. The highest BCUT2D eigenvalue weighted by atomic mass is 32.2. The van der Waals surface area contributed by atoms with E-state index in [0.29, 0.717) is 6.42 Å². The van der Waals surface area contributed by atoms with E-state index in [2.05, 4.69) is 11.2 Å². The lowest BCUT2D eigenvalue weighted by atomic mass is 10.2. The molecule has 0 unspecified atom stereocenters. The third-order valence-corrected chi connectivity index (χ3v) is 4.63. The van der Waals surface area contributed by atoms with Crippen molar-refractivity contribution in [2.24, 2.45) is 7.05 Å². The molecule has 3 nitrogen and oxygen atoms in total. The molecule has 0 radical (unpaired) electrons. The Kier molecular flexibility index (Phi) is 4.60. The fourth-order valence-corrected chi connectivity index (χ4v) is 3.37.